The number of pyridine rings is 1. The van der Waals surface area contributed by atoms with Gasteiger partial charge in [-0.15, -0.1) is 0 Å². The molecule has 0 spiro atoms. The molecule has 0 aromatic carbocycles. The Morgan fingerprint density at radius 3 is 3.00 bits per heavy atom. The maximum absolute atomic E-state index is 11.3. The summed E-state index contributed by atoms with van der Waals surface area (Å²) < 4.78 is 4.83. The first-order chi connectivity index (χ1) is 6.77. The second-order valence-electron chi connectivity index (χ2n) is 2.40. The standard InChI is InChI=1S/C8H8N4O2/c1-14-8-3-2-6(4-10-8)7(13)5-11-12-9/h2-4H,5H2,1H3. The van der Waals surface area contributed by atoms with Crippen molar-refractivity contribution in [3.05, 3.63) is 34.3 Å². The van der Waals surface area contributed by atoms with Gasteiger partial charge in [0.1, 0.15) is 0 Å². The van der Waals surface area contributed by atoms with Crippen LogP contribution in [0.1, 0.15) is 10.4 Å². The van der Waals surface area contributed by atoms with E-state index in [2.05, 4.69) is 15.0 Å². The molecule has 0 saturated heterocycles. The average Bonchev–Trinajstić information content (AvgIpc) is 2.26. The van der Waals surface area contributed by atoms with Gasteiger partial charge in [0.15, 0.2) is 5.78 Å². The van der Waals surface area contributed by atoms with Gasteiger partial charge in [0.2, 0.25) is 5.88 Å². The molecule has 14 heavy (non-hydrogen) atoms. The van der Waals surface area contributed by atoms with Crippen LogP contribution in [0.5, 0.6) is 5.88 Å². The normalized spacial score (nSPS) is 8.93. The van der Waals surface area contributed by atoms with Crippen LogP contribution in [0.3, 0.4) is 0 Å². The minimum atomic E-state index is -0.266. The highest BCUT2D eigenvalue weighted by atomic mass is 16.5. The van der Waals surface area contributed by atoms with Crippen LogP contribution in [0.4, 0.5) is 0 Å². The number of Topliss-reactive ketones (excluding diaryl/α,β-unsaturated/α-hetero) is 1. The molecule has 0 aliphatic heterocycles. The molecule has 0 bridgehead atoms. The molecule has 0 aliphatic carbocycles. The molecule has 6 heteroatoms. The predicted molar refractivity (Wildman–Crippen MR) is 49.1 cm³/mol. The van der Waals surface area contributed by atoms with Crippen molar-refractivity contribution >= 4 is 5.78 Å². The molecule has 0 radical (unpaired) electrons. The third kappa shape index (κ3) is 2.46. The lowest BCUT2D eigenvalue weighted by Crippen LogP contribution is -2.03. The Balaban J connectivity index is 2.76. The second-order valence-corrected chi connectivity index (χ2v) is 2.40. The number of methoxy groups -OCH3 is 1. The van der Waals surface area contributed by atoms with Gasteiger partial charge in [0.25, 0.3) is 0 Å². The van der Waals surface area contributed by atoms with Gasteiger partial charge >= 0.3 is 0 Å². The first kappa shape index (κ1) is 10.0. The molecular formula is C8H8N4O2. The summed E-state index contributed by atoms with van der Waals surface area (Å²) in [6.45, 7) is -0.190. The van der Waals surface area contributed by atoms with E-state index in [1.54, 1.807) is 12.1 Å². The third-order valence-electron chi connectivity index (χ3n) is 1.55. The topological polar surface area (TPSA) is 88.0 Å². The molecule has 1 rings (SSSR count). The molecule has 72 valence electrons. The van der Waals surface area contributed by atoms with Crippen molar-refractivity contribution in [1.82, 2.24) is 4.98 Å². The van der Waals surface area contributed by atoms with Gasteiger partial charge in [-0.1, -0.05) is 5.11 Å². The molecule has 0 unspecified atom stereocenters. The van der Waals surface area contributed by atoms with Crippen LogP contribution in [-0.4, -0.2) is 24.4 Å². The molecule has 0 aliphatic rings. The van der Waals surface area contributed by atoms with Gasteiger partial charge in [-0.3, -0.25) is 4.79 Å². The fourth-order valence-electron chi connectivity index (χ4n) is 0.853. The summed E-state index contributed by atoms with van der Waals surface area (Å²) in [7, 11) is 1.49. The van der Waals surface area contributed by atoms with E-state index in [0.717, 1.165) is 0 Å². The van der Waals surface area contributed by atoms with Crippen molar-refractivity contribution in [2.75, 3.05) is 13.7 Å². The number of ketones is 1. The number of ether oxygens (including phenoxy) is 1. The Morgan fingerprint density at radius 1 is 1.71 bits per heavy atom. The number of carbonyl (C=O) groups is 1. The summed E-state index contributed by atoms with van der Waals surface area (Å²) in [4.78, 5) is 17.6. The number of hydrogen-bond donors (Lipinski definition) is 0. The average molecular weight is 192 g/mol. The van der Waals surface area contributed by atoms with E-state index < -0.39 is 0 Å². The molecule has 0 fully saturated rings. The fraction of sp³-hybridized carbons (Fsp3) is 0.250. The molecule has 0 amide bonds. The van der Waals surface area contributed by atoms with Gasteiger partial charge in [-0.25, -0.2) is 4.98 Å². The smallest absolute Gasteiger partial charge is 0.212 e. The van der Waals surface area contributed by atoms with Gasteiger partial charge in [0.05, 0.1) is 13.7 Å². The summed E-state index contributed by atoms with van der Waals surface area (Å²) >= 11 is 0. The van der Waals surface area contributed by atoms with Crippen LogP contribution in [0.15, 0.2) is 23.4 Å². The highest BCUT2D eigenvalue weighted by Crippen LogP contribution is 2.07. The van der Waals surface area contributed by atoms with Crippen LogP contribution >= 0.6 is 0 Å². The van der Waals surface area contributed by atoms with Crippen molar-refractivity contribution in [1.29, 1.82) is 0 Å². The van der Waals surface area contributed by atoms with Crippen molar-refractivity contribution in [2.45, 2.75) is 0 Å². The molecule has 0 N–H and O–H groups in total. The summed E-state index contributed by atoms with van der Waals surface area (Å²) in [5.74, 6) is 0.170. The van der Waals surface area contributed by atoms with E-state index in [4.69, 9.17) is 10.3 Å². The molecular weight excluding hydrogens is 184 g/mol. The van der Waals surface area contributed by atoms with E-state index in [1.807, 2.05) is 0 Å². The van der Waals surface area contributed by atoms with Crippen LogP contribution in [-0.2, 0) is 0 Å². The minimum absolute atomic E-state index is 0.190. The van der Waals surface area contributed by atoms with Crippen LogP contribution in [0.25, 0.3) is 10.4 Å². The summed E-state index contributed by atoms with van der Waals surface area (Å²) in [5, 5.41) is 3.16. The lowest BCUT2D eigenvalue weighted by Gasteiger charge is -1.99. The SMILES string of the molecule is COc1ccc(C(=O)CN=[N+]=[N-])cn1. The largest absolute Gasteiger partial charge is 0.481 e. The molecule has 1 heterocycles. The quantitative estimate of drug-likeness (QED) is 0.314. The first-order valence-corrected chi connectivity index (χ1v) is 3.82. The molecule has 1 aromatic heterocycles. The van der Waals surface area contributed by atoms with Crippen LogP contribution < -0.4 is 4.74 Å². The van der Waals surface area contributed by atoms with Gasteiger partial charge in [0, 0.05) is 22.7 Å². The number of rotatable bonds is 4. The van der Waals surface area contributed by atoms with Crippen LogP contribution in [0.2, 0.25) is 0 Å². The lowest BCUT2D eigenvalue weighted by atomic mass is 10.2. The van der Waals surface area contributed by atoms with E-state index in [-0.39, 0.29) is 12.3 Å². The van der Waals surface area contributed by atoms with Crippen molar-refractivity contribution < 1.29 is 9.53 Å². The zero-order valence-electron chi connectivity index (χ0n) is 7.54. The van der Waals surface area contributed by atoms with Crippen LogP contribution in [0, 0.1) is 0 Å². The van der Waals surface area contributed by atoms with Gasteiger partial charge in [-0.05, 0) is 11.6 Å². The summed E-state index contributed by atoms with van der Waals surface area (Å²) in [6.07, 6.45) is 1.38. The Labute approximate surface area is 80.2 Å². The fourth-order valence-corrected chi connectivity index (χ4v) is 0.853. The lowest BCUT2D eigenvalue weighted by molar-refractivity contribution is 0.100. The Kier molecular flexibility index (Phi) is 3.46. The van der Waals surface area contributed by atoms with Gasteiger partial charge in [-0.2, -0.15) is 0 Å². The van der Waals surface area contributed by atoms with E-state index in [9.17, 15) is 4.79 Å². The number of nitrogens with zero attached hydrogens (tertiary/aromatic N) is 4. The monoisotopic (exact) mass is 192 g/mol. The summed E-state index contributed by atoms with van der Waals surface area (Å²) in [5.41, 5.74) is 8.42. The second kappa shape index (κ2) is 4.84. The Bertz CT molecular complexity index is 367. The van der Waals surface area contributed by atoms with Gasteiger partial charge < -0.3 is 4.74 Å². The number of aromatic nitrogens is 1. The minimum Gasteiger partial charge on any atom is -0.481 e. The first-order valence-electron chi connectivity index (χ1n) is 3.82. The third-order valence-corrected chi connectivity index (χ3v) is 1.55. The molecule has 1 aromatic rings. The predicted octanol–water partition coefficient (Wildman–Crippen LogP) is 1.58. The van der Waals surface area contributed by atoms with E-state index >= 15 is 0 Å². The zero-order valence-corrected chi connectivity index (χ0v) is 7.54. The van der Waals surface area contributed by atoms with Crippen molar-refractivity contribution in [3.63, 3.8) is 0 Å². The van der Waals surface area contributed by atoms with Crippen molar-refractivity contribution in [3.8, 4) is 5.88 Å². The maximum atomic E-state index is 11.3. The maximum Gasteiger partial charge on any atom is 0.212 e. The number of hydrogen-bond acceptors (Lipinski definition) is 4. The molecule has 6 nitrogen and oxygen atoms in total. The highest BCUT2D eigenvalue weighted by Gasteiger charge is 2.04. The number of azide groups is 1. The molecule has 0 atom stereocenters. The van der Waals surface area contributed by atoms with E-state index in [0.29, 0.717) is 11.4 Å². The Hall–Kier alpha value is -2.07. The van der Waals surface area contributed by atoms with Crippen molar-refractivity contribution in [2.24, 2.45) is 5.11 Å². The highest BCUT2D eigenvalue weighted by molar-refractivity contribution is 5.97. The number of carbonyl (C=O) groups excluding carboxylic acids is 1. The van der Waals surface area contributed by atoms with E-state index in [1.165, 1.54) is 13.3 Å². The molecule has 0 saturated carbocycles. The zero-order chi connectivity index (χ0) is 10.4. The Morgan fingerprint density at radius 2 is 2.50 bits per heavy atom. The summed E-state index contributed by atoms with van der Waals surface area (Å²) in [6, 6.07) is 3.14.